The SMILES string of the molecule is Nc1[nH]ncc1-c1cccc2c1CCC(=O)N2. The lowest BCUT2D eigenvalue weighted by molar-refractivity contribution is -0.116. The first kappa shape index (κ1) is 9.89. The number of carbonyl (C=O) groups is 1. The maximum atomic E-state index is 11.3. The highest BCUT2D eigenvalue weighted by atomic mass is 16.1. The van der Waals surface area contributed by atoms with Gasteiger partial charge in [0.25, 0.3) is 0 Å². The summed E-state index contributed by atoms with van der Waals surface area (Å²) >= 11 is 0. The average Bonchev–Trinajstić information content (AvgIpc) is 2.74. The second-order valence-corrected chi connectivity index (χ2v) is 4.08. The summed E-state index contributed by atoms with van der Waals surface area (Å²) in [5.41, 5.74) is 9.75. The van der Waals surface area contributed by atoms with Crippen molar-refractivity contribution in [1.29, 1.82) is 0 Å². The van der Waals surface area contributed by atoms with Gasteiger partial charge in [0.2, 0.25) is 5.91 Å². The van der Waals surface area contributed by atoms with E-state index in [1.165, 1.54) is 0 Å². The summed E-state index contributed by atoms with van der Waals surface area (Å²) in [6.07, 6.45) is 2.96. The zero-order chi connectivity index (χ0) is 11.8. The van der Waals surface area contributed by atoms with Crippen LogP contribution in [0.2, 0.25) is 0 Å². The van der Waals surface area contributed by atoms with Crippen LogP contribution in [0.4, 0.5) is 11.5 Å². The molecule has 0 atom stereocenters. The Balaban J connectivity index is 2.16. The molecule has 2 aromatic rings. The minimum atomic E-state index is 0.0646. The number of anilines is 2. The molecule has 0 saturated carbocycles. The number of nitrogens with two attached hydrogens (primary N) is 1. The van der Waals surface area contributed by atoms with Crippen LogP contribution in [0.1, 0.15) is 12.0 Å². The van der Waals surface area contributed by atoms with Crippen LogP contribution in [0.5, 0.6) is 0 Å². The second-order valence-electron chi connectivity index (χ2n) is 4.08. The number of hydrogen-bond donors (Lipinski definition) is 3. The lowest BCUT2D eigenvalue weighted by atomic mass is 9.94. The summed E-state index contributed by atoms with van der Waals surface area (Å²) < 4.78 is 0. The van der Waals surface area contributed by atoms with E-state index in [9.17, 15) is 4.79 Å². The maximum Gasteiger partial charge on any atom is 0.224 e. The highest BCUT2D eigenvalue weighted by Gasteiger charge is 2.19. The van der Waals surface area contributed by atoms with Crippen molar-refractivity contribution in [3.63, 3.8) is 0 Å². The lowest BCUT2D eigenvalue weighted by Gasteiger charge is -2.19. The third-order valence-corrected chi connectivity index (χ3v) is 3.01. The normalized spacial score (nSPS) is 14.2. The first-order chi connectivity index (χ1) is 8.25. The molecule has 1 aromatic heterocycles. The van der Waals surface area contributed by atoms with Crippen LogP contribution in [-0.2, 0) is 11.2 Å². The van der Waals surface area contributed by atoms with Gasteiger partial charge in [-0.3, -0.25) is 9.89 Å². The zero-order valence-corrected chi connectivity index (χ0v) is 9.16. The van der Waals surface area contributed by atoms with E-state index in [-0.39, 0.29) is 5.91 Å². The van der Waals surface area contributed by atoms with Gasteiger partial charge in [0.05, 0.1) is 6.20 Å². The molecule has 1 aromatic carbocycles. The summed E-state index contributed by atoms with van der Waals surface area (Å²) in [5.74, 6) is 0.616. The van der Waals surface area contributed by atoms with Crippen LogP contribution >= 0.6 is 0 Å². The van der Waals surface area contributed by atoms with E-state index in [1.807, 2.05) is 18.2 Å². The molecule has 1 aliphatic rings. The van der Waals surface area contributed by atoms with Crippen molar-refractivity contribution in [3.8, 4) is 11.1 Å². The van der Waals surface area contributed by atoms with Crippen LogP contribution in [-0.4, -0.2) is 16.1 Å². The highest BCUT2D eigenvalue weighted by molar-refractivity contribution is 5.96. The standard InChI is InChI=1S/C12H12N4O/c13-12-9(6-14-16-12)7-2-1-3-10-8(7)4-5-11(17)15-10/h1-3,6H,4-5H2,(H,15,17)(H3,13,14,16). The third-order valence-electron chi connectivity index (χ3n) is 3.01. The van der Waals surface area contributed by atoms with Crippen LogP contribution < -0.4 is 11.1 Å². The Morgan fingerprint density at radius 1 is 1.24 bits per heavy atom. The molecule has 0 spiro atoms. The Morgan fingerprint density at radius 3 is 2.88 bits per heavy atom. The maximum absolute atomic E-state index is 11.3. The molecular weight excluding hydrogens is 216 g/mol. The number of aromatic nitrogens is 2. The predicted molar refractivity (Wildman–Crippen MR) is 65.4 cm³/mol. The number of benzene rings is 1. The molecule has 1 aliphatic heterocycles. The Hall–Kier alpha value is -2.30. The number of hydrogen-bond acceptors (Lipinski definition) is 3. The third kappa shape index (κ3) is 1.56. The van der Waals surface area contributed by atoms with Gasteiger partial charge in [-0.1, -0.05) is 12.1 Å². The number of H-pyrrole nitrogens is 1. The fourth-order valence-corrected chi connectivity index (χ4v) is 2.19. The Kier molecular flexibility index (Phi) is 2.11. The van der Waals surface area contributed by atoms with Gasteiger partial charge in [-0.25, -0.2) is 0 Å². The Morgan fingerprint density at radius 2 is 2.12 bits per heavy atom. The summed E-state index contributed by atoms with van der Waals surface area (Å²) in [7, 11) is 0. The van der Waals surface area contributed by atoms with E-state index in [0.29, 0.717) is 12.2 Å². The van der Waals surface area contributed by atoms with Gasteiger partial charge >= 0.3 is 0 Å². The number of fused-ring (bicyclic) bond motifs is 1. The number of amides is 1. The predicted octanol–water partition coefficient (Wildman–Crippen LogP) is 1.54. The van der Waals surface area contributed by atoms with Crippen LogP contribution in [0.25, 0.3) is 11.1 Å². The molecular formula is C12H12N4O. The van der Waals surface area contributed by atoms with Gasteiger partial charge in [0, 0.05) is 17.7 Å². The molecule has 5 nitrogen and oxygen atoms in total. The number of nitrogens with zero attached hydrogens (tertiary/aromatic N) is 1. The first-order valence-corrected chi connectivity index (χ1v) is 5.46. The van der Waals surface area contributed by atoms with Crippen molar-refractivity contribution < 1.29 is 4.79 Å². The van der Waals surface area contributed by atoms with E-state index in [0.717, 1.165) is 28.8 Å². The van der Waals surface area contributed by atoms with Crippen molar-refractivity contribution in [2.45, 2.75) is 12.8 Å². The van der Waals surface area contributed by atoms with Crippen LogP contribution in [0, 0.1) is 0 Å². The topological polar surface area (TPSA) is 83.8 Å². The molecule has 1 amide bonds. The van der Waals surface area contributed by atoms with Crippen molar-refractivity contribution in [2.24, 2.45) is 0 Å². The smallest absolute Gasteiger partial charge is 0.224 e. The second kappa shape index (κ2) is 3.62. The van der Waals surface area contributed by atoms with Crippen molar-refractivity contribution >= 4 is 17.4 Å². The fourth-order valence-electron chi connectivity index (χ4n) is 2.19. The minimum Gasteiger partial charge on any atom is -0.384 e. The van der Waals surface area contributed by atoms with E-state index in [2.05, 4.69) is 15.5 Å². The summed E-state index contributed by atoms with van der Waals surface area (Å²) in [4.78, 5) is 11.3. The number of rotatable bonds is 1. The molecule has 0 radical (unpaired) electrons. The lowest BCUT2D eigenvalue weighted by Crippen LogP contribution is -2.19. The van der Waals surface area contributed by atoms with Gasteiger partial charge in [-0.05, 0) is 23.6 Å². The molecule has 0 unspecified atom stereocenters. The van der Waals surface area contributed by atoms with Gasteiger partial charge in [-0.15, -0.1) is 0 Å². The molecule has 0 bridgehead atoms. The summed E-state index contributed by atoms with van der Waals surface area (Å²) in [6.45, 7) is 0. The number of nitrogens with one attached hydrogen (secondary N) is 2. The highest BCUT2D eigenvalue weighted by Crippen LogP contribution is 2.34. The molecule has 2 heterocycles. The molecule has 4 N–H and O–H groups in total. The largest absolute Gasteiger partial charge is 0.384 e. The minimum absolute atomic E-state index is 0.0646. The molecule has 5 heteroatoms. The van der Waals surface area contributed by atoms with Crippen molar-refractivity contribution in [3.05, 3.63) is 30.0 Å². The average molecular weight is 228 g/mol. The molecule has 3 rings (SSSR count). The van der Waals surface area contributed by atoms with Gasteiger partial charge in [0.15, 0.2) is 0 Å². The van der Waals surface area contributed by atoms with Crippen molar-refractivity contribution in [1.82, 2.24) is 10.2 Å². The summed E-state index contributed by atoms with van der Waals surface area (Å²) in [6, 6.07) is 5.82. The Bertz CT molecular complexity index is 588. The van der Waals surface area contributed by atoms with Gasteiger partial charge in [-0.2, -0.15) is 5.10 Å². The molecule has 0 fully saturated rings. The monoisotopic (exact) mass is 228 g/mol. The quantitative estimate of drug-likeness (QED) is 0.692. The fraction of sp³-hybridized carbons (Fsp3) is 0.167. The zero-order valence-electron chi connectivity index (χ0n) is 9.16. The number of carbonyl (C=O) groups excluding carboxylic acids is 1. The number of aromatic amines is 1. The van der Waals surface area contributed by atoms with E-state index >= 15 is 0 Å². The van der Waals surface area contributed by atoms with Gasteiger partial charge in [0.1, 0.15) is 5.82 Å². The first-order valence-electron chi connectivity index (χ1n) is 5.46. The van der Waals surface area contributed by atoms with E-state index in [1.54, 1.807) is 6.20 Å². The van der Waals surface area contributed by atoms with Crippen molar-refractivity contribution in [2.75, 3.05) is 11.1 Å². The molecule has 17 heavy (non-hydrogen) atoms. The van der Waals surface area contributed by atoms with Crippen LogP contribution in [0.15, 0.2) is 24.4 Å². The molecule has 0 saturated heterocycles. The van der Waals surface area contributed by atoms with E-state index in [4.69, 9.17) is 5.73 Å². The summed E-state index contributed by atoms with van der Waals surface area (Å²) in [5, 5.41) is 9.52. The molecule has 86 valence electrons. The van der Waals surface area contributed by atoms with E-state index < -0.39 is 0 Å². The number of nitrogen functional groups attached to an aromatic ring is 1. The van der Waals surface area contributed by atoms with Gasteiger partial charge < -0.3 is 11.1 Å². The molecule has 0 aliphatic carbocycles. The Labute approximate surface area is 98.0 Å². The van der Waals surface area contributed by atoms with Crippen LogP contribution in [0.3, 0.4) is 0 Å².